The predicted octanol–water partition coefficient (Wildman–Crippen LogP) is 4.31. The average Bonchev–Trinajstić information content (AvgIpc) is 2.45. The Balaban J connectivity index is 3.32. The summed E-state index contributed by atoms with van der Waals surface area (Å²) < 4.78 is 74.1. The molecule has 0 aliphatic carbocycles. The second-order valence-electron chi connectivity index (χ2n) is 5.08. The van der Waals surface area contributed by atoms with Crippen LogP contribution in [0.4, 0.5) is 22.0 Å². The van der Waals surface area contributed by atoms with Gasteiger partial charge in [0.05, 0.1) is 24.2 Å². The maximum Gasteiger partial charge on any atom is 0.453 e. The van der Waals surface area contributed by atoms with E-state index in [0.29, 0.717) is 0 Å². The van der Waals surface area contributed by atoms with Crippen LogP contribution in [0.25, 0.3) is 0 Å². The van der Waals surface area contributed by atoms with E-state index < -0.39 is 30.1 Å². The Morgan fingerprint density at radius 1 is 1.13 bits per heavy atom. The number of benzene rings is 1. The minimum atomic E-state index is -5.72. The number of carbonyl (C=O) groups excluding carboxylic acids is 1. The number of hydrogen-bond donors (Lipinski definition) is 0. The van der Waals surface area contributed by atoms with Gasteiger partial charge >= 0.3 is 18.1 Å². The third kappa shape index (κ3) is 4.19. The first-order chi connectivity index (χ1) is 10.5. The van der Waals surface area contributed by atoms with Crippen molar-refractivity contribution >= 4 is 5.97 Å². The molecule has 1 atom stereocenters. The first-order valence-electron chi connectivity index (χ1n) is 6.75. The molecule has 0 amide bonds. The van der Waals surface area contributed by atoms with Gasteiger partial charge in [0.15, 0.2) is 0 Å². The molecule has 23 heavy (non-hydrogen) atoms. The van der Waals surface area contributed by atoms with Crippen LogP contribution in [-0.4, -0.2) is 31.8 Å². The number of halogens is 5. The van der Waals surface area contributed by atoms with Gasteiger partial charge in [-0.25, -0.2) is 4.79 Å². The Hall–Kier alpha value is -1.70. The highest BCUT2D eigenvalue weighted by molar-refractivity contribution is 5.91. The van der Waals surface area contributed by atoms with Gasteiger partial charge in [0.2, 0.25) is 0 Å². The minimum absolute atomic E-state index is 0.0373. The van der Waals surface area contributed by atoms with Crippen LogP contribution in [0.5, 0.6) is 0 Å². The Kier molecular flexibility index (Phi) is 5.74. The summed E-state index contributed by atoms with van der Waals surface area (Å²) in [4.78, 5) is 11.9. The highest BCUT2D eigenvalue weighted by Crippen LogP contribution is 2.45. The van der Waals surface area contributed by atoms with Gasteiger partial charge in [-0.15, -0.1) is 0 Å². The molecule has 1 aromatic carbocycles. The highest BCUT2D eigenvalue weighted by atomic mass is 19.4. The van der Waals surface area contributed by atoms with Gasteiger partial charge in [-0.2, -0.15) is 22.0 Å². The lowest BCUT2D eigenvalue weighted by Crippen LogP contribution is -2.44. The van der Waals surface area contributed by atoms with Crippen molar-refractivity contribution in [2.75, 3.05) is 13.7 Å². The highest BCUT2D eigenvalue weighted by Gasteiger charge is 2.60. The van der Waals surface area contributed by atoms with Crippen molar-refractivity contribution in [3.05, 3.63) is 35.4 Å². The second-order valence-corrected chi connectivity index (χ2v) is 5.08. The molecule has 1 aromatic rings. The van der Waals surface area contributed by atoms with Crippen LogP contribution >= 0.6 is 0 Å². The van der Waals surface area contributed by atoms with Crippen molar-refractivity contribution in [2.45, 2.75) is 38.0 Å². The second kappa shape index (κ2) is 6.82. The lowest BCUT2D eigenvalue weighted by atomic mass is 9.86. The standard InChI is InChI=1S/C15H17F5O3/c1-4-23-12(21)10-7-5-6-8-11(10)13(2,22-3)9-14(16,17)15(18,19)20/h5-8H,4,9H2,1-3H3. The van der Waals surface area contributed by atoms with Crippen LogP contribution in [0.2, 0.25) is 0 Å². The SMILES string of the molecule is CCOC(=O)c1ccccc1C(C)(CC(F)(F)C(F)(F)F)OC. The van der Waals surface area contributed by atoms with E-state index in [4.69, 9.17) is 9.47 Å². The topological polar surface area (TPSA) is 35.5 Å². The average molecular weight is 340 g/mol. The summed E-state index contributed by atoms with van der Waals surface area (Å²) in [5, 5.41) is 0. The number of esters is 1. The van der Waals surface area contributed by atoms with E-state index >= 15 is 0 Å². The third-order valence-electron chi connectivity index (χ3n) is 3.42. The Labute approximate surface area is 130 Å². The Morgan fingerprint density at radius 3 is 2.17 bits per heavy atom. The van der Waals surface area contributed by atoms with E-state index in [2.05, 4.69) is 0 Å². The van der Waals surface area contributed by atoms with E-state index in [1.165, 1.54) is 24.3 Å². The molecule has 8 heteroatoms. The minimum Gasteiger partial charge on any atom is -0.462 e. The van der Waals surface area contributed by atoms with Crippen LogP contribution in [-0.2, 0) is 15.1 Å². The zero-order valence-electron chi connectivity index (χ0n) is 12.8. The van der Waals surface area contributed by atoms with Crippen molar-refractivity contribution in [1.29, 1.82) is 0 Å². The monoisotopic (exact) mass is 340 g/mol. The molecule has 0 aliphatic rings. The van der Waals surface area contributed by atoms with E-state index in [9.17, 15) is 26.7 Å². The molecule has 0 N–H and O–H groups in total. The number of alkyl halides is 5. The summed E-state index contributed by atoms with van der Waals surface area (Å²) in [5.74, 6) is -5.79. The van der Waals surface area contributed by atoms with Crippen LogP contribution in [0, 0.1) is 0 Å². The molecule has 0 aliphatic heterocycles. The summed E-state index contributed by atoms with van der Waals surface area (Å²) in [6, 6.07) is 5.42. The summed E-state index contributed by atoms with van der Waals surface area (Å²) >= 11 is 0. The molecule has 0 bridgehead atoms. The molecule has 0 aromatic heterocycles. The van der Waals surface area contributed by atoms with Crippen molar-refractivity contribution < 1.29 is 36.2 Å². The van der Waals surface area contributed by atoms with Gasteiger partial charge in [-0.05, 0) is 25.5 Å². The van der Waals surface area contributed by atoms with Crippen LogP contribution in [0.1, 0.15) is 36.2 Å². The Bertz CT molecular complexity index is 556. The normalized spacial score (nSPS) is 15.1. The van der Waals surface area contributed by atoms with E-state index in [0.717, 1.165) is 14.0 Å². The molecular weight excluding hydrogens is 323 g/mol. The molecule has 1 unspecified atom stereocenters. The number of methoxy groups -OCH3 is 1. The summed E-state index contributed by atoms with van der Waals surface area (Å²) in [7, 11) is 1.01. The van der Waals surface area contributed by atoms with Crippen molar-refractivity contribution in [3.8, 4) is 0 Å². The quantitative estimate of drug-likeness (QED) is 0.572. The predicted molar refractivity (Wildman–Crippen MR) is 72.4 cm³/mol. The Morgan fingerprint density at radius 2 is 1.70 bits per heavy atom. The summed E-state index contributed by atoms with van der Waals surface area (Å²) in [6.07, 6.45) is -7.37. The molecule has 1 rings (SSSR count). The molecule has 130 valence electrons. The van der Waals surface area contributed by atoms with Crippen molar-refractivity contribution in [1.82, 2.24) is 0 Å². The fourth-order valence-corrected chi connectivity index (χ4v) is 2.13. The van der Waals surface area contributed by atoms with E-state index in [-0.39, 0.29) is 17.7 Å². The first-order valence-corrected chi connectivity index (χ1v) is 6.75. The van der Waals surface area contributed by atoms with Crippen molar-refractivity contribution in [2.24, 2.45) is 0 Å². The lowest BCUT2D eigenvalue weighted by Gasteiger charge is -2.34. The van der Waals surface area contributed by atoms with Gasteiger partial charge in [-0.1, -0.05) is 18.2 Å². The fraction of sp³-hybridized carbons (Fsp3) is 0.533. The molecule has 0 fully saturated rings. The van der Waals surface area contributed by atoms with Crippen LogP contribution in [0.3, 0.4) is 0 Å². The largest absolute Gasteiger partial charge is 0.462 e. The smallest absolute Gasteiger partial charge is 0.453 e. The van der Waals surface area contributed by atoms with Gasteiger partial charge in [0.1, 0.15) is 0 Å². The van der Waals surface area contributed by atoms with Gasteiger partial charge in [-0.3, -0.25) is 0 Å². The fourth-order valence-electron chi connectivity index (χ4n) is 2.13. The van der Waals surface area contributed by atoms with Crippen LogP contribution < -0.4 is 0 Å². The summed E-state index contributed by atoms with van der Waals surface area (Å²) in [5.41, 5.74) is -2.23. The van der Waals surface area contributed by atoms with Crippen LogP contribution in [0.15, 0.2) is 24.3 Å². The maximum atomic E-state index is 13.5. The molecule has 0 radical (unpaired) electrons. The molecule has 0 heterocycles. The maximum absolute atomic E-state index is 13.5. The van der Waals surface area contributed by atoms with Gasteiger partial charge in [0.25, 0.3) is 0 Å². The van der Waals surface area contributed by atoms with E-state index in [1.54, 1.807) is 6.92 Å². The first kappa shape index (κ1) is 19.3. The number of ether oxygens (including phenoxy) is 2. The van der Waals surface area contributed by atoms with Crippen molar-refractivity contribution in [3.63, 3.8) is 0 Å². The van der Waals surface area contributed by atoms with E-state index in [1.807, 2.05) is 0 Å². The number of hydrogen-bond acceptors (Lipinski definition) is 3. The molecule has 0 saturated heterocycles. The molecule has 0 spiro atoms. The summed E-state index contributed by atoms with van der Waals surface area (Å²) in [6.45, 7) is 2.66. The number of rotatable bonds is 6. The third-order valence-corrected chi connectivity index (χ3v) is 3.42. The van der Waals surface area contributed by atoms with Gasteiger partial charge < -0.3 is 9.47 Å². The molecule has 3 nitrogen and oxygen atoms in total. The number of carbonyl (C=O) groups is 1. The zero-order chi connectivity index (χ0) is 17.9. The lowest BCUT2D eigenvalue weighted by molar-refractivity contribution is -0.298. The van der Waals surface area contributed by atoms with Gasteiger partial charge in [0, 0.05) is 7.11 Å². The molecular formula is C15H17F5O3. The molecule has 0 saturated carbocycles. The zero-order valence-corrected chi connectivity index (χ0v) is 12.8.